The fourth-order valence-electron chi connectivity index (χ4n) is 3.21. The number of benzene rings is 3. The van der Waals surface area contributed by atoms with Gasteiger partial charge in [0, 0.05) is 32.5 Å². The van der Waals surface area contributed by atoms with Crippen molar-refractivity contribution < 1.29 is 13.7 Å². The van der Waals surface area contributed by atoms with Crippen LogP contribution in [0.25, 0.3) is 0 Å². The van der Waals surface area contributed by atoms with Crippen LogP contribution in [0.15, 0.2) is 98.4 Å². The molecule has 0 spiro atoms. The monoisotopic (exact) mass is 415 g/mol. The Morgan fingerprint density at radius 2 is 1.73 bits per heavy atom. The number of halogens is 1. The molecule has 1 amide bonds. The Hall–Kier alpha value is -3.71. The lowest BCUT2D eigenvalue weighted by molar-refractivity contribution is 0.102. The van der Waals surface area contributed by atoms with E-state index in [0.29, 0.717) is 28.3 Å². The molecule has 1 aliphatic heterocycles. The molecule has 5 rings (SSSR count). The second-order valence-corrected chi connectivity index (χ2v) is 7.64. The molecule has 0 bridgehead atoms. The van der Waals surface area contributed by atoms with E-state index >= 15 is 0 Å². The molecule has 3 aromatic carbocycles. The van der Waals surface area contributed by atoms with E-state index in [1.807, 2.05) is 30.3 Å². The van der Waals surface area contributed by atoms with Crippen LogP contribution >= 0.6 is 11.8 Å². The number of aromatic nitrogens is 1. The highest BCUT2D eigenvalue weighted by Crippen LogP contribution is 2.41. The first-order valence-corrected chi connectivity index (χ1v) is 9.97. The Balaban J connectivity index is 1.63. The van der Waals surface area contributed by atoms with Crippen molar-refractivity contribution in [3.8, 4) is 0 Å². The summed E-state index contributed by atoms with van der Waals surface area (Å²) in [6.45, 7) is 0. The number of nitrogens with one attached hydrogen (secondary N) is 1. The van der Waals surface area contributed by atoms with Crippen LogP contribution in [-0.2, 0) is 0 Å². The zero-order chi connectivity index (χ0) is 20.5. The molecular weight excluding hydrogens is 401 g/mol. The van der Waals surface area contributed by atoms with E-state index in [1.54, 1.807) is 36.4 Å². The van der Waals surface area contributed by atoms with E-state index < -0.39 is 0 Å². The zero-order valence-electron chi connectivity index (χ0n) is 15.5. The minimum atomic E-state index is -0.348. The quantitative estimate of drug-likeness (QED) is 0.410. The third-order valence-electron chi connectivity index (χ3n) is 4.62. The summed E-state index contributed by atoms with van der Waals surface area (Å²) < 4.78 is 19.4. The van der Waals surface area contributed by atoms with Crippen molar-refractivity contribution in [1.82, 2.24) is 5.16 Å². The van der Waals surface area contributed by atoms with Crippen LogP contribution in [-0.4, -0.2) is 16.8 Å². The van der Waals surface area contributed by atoms with Crippen LogP contribution in [0.2, 0.25) is 0 Å². The predicted molar refractivity (Wildman–Crippen MR) is 113 cm³/mol. The molecule has 1 aromatic heterocycles. The molecule has 0 atom stereocenters. The Morgan fingerprint density at radius 3 is 2.53 bits per heavy atom. The van der Waals surface area contributed by atoms with Crippen molar-refractivity contribution in [3.05, 3.63) is 102 Å². The van der Waals surface area contributed by atoms with Gasteiger partial charge in [0.25, 0.3) is 5.91 Å². The molecule has 30 heavy (non-hydrogen) atoms. The summed E-state index contributed by atoms with van der Waals surface area (Å²) in [7, 11) is 0. The van der Waals surface area contributed by atoms with Gasteiger partial charge in [0.2, 0.25) is 0 Å². The van der Waals surface area contributed by atoms with Crippen molar-refractivity contribution in [2.24, 2.45) is 4.99 Å². The first kappa shape index (κ1) is 18.3. The molecule has 0 unspecified atom stereocenters. The second kappa shape index (κ2) is 7.61. The van der Waals surface area contributed by atoms with Gasteiger partial charge in [-0.1, -0.05) is 47.3 Å². The van der Waals surface area contributed by atoms with Crippen LogP contribution in [0.5, 0.6) is 0 Å². The summed E-state index contributed by atoms with van der Waals surface area (Å²) in [5.74, 6) is -0.354. The minimum absolute atomic E-state index is 0.326. The fraction of sp³-hybridized carbons (Fsp3) is 0. The predicted octanol–water partition coefficient (Wildman–Crippen LogP) is 5.70. The highest BCUT2D eigenvalue weighted by Gasteiger charge is 2.21. The van der Waals surface area contributed by atoms with E-state index in [2.05, 4.69) is 10.5 Å². The van der Waals surface area contributed by atoms with E-state index in [1.165, 1.54) is 24.1 Å². The summed E-state index contributed by atoms with van der Waals surface area (Å²) in [5.41, 5.74) is 2.81. The van der Waals surface area contributed by atoms with E-state index in [9.17, 15) is 9.18 Å². The number of aliphatic imine (C=N–C) groups is 1. The Kier molecular flexibility index (Phi) is 4.65. The third kappa shape index (κ3) is 3.40. The van der Waals surface area contributed by atoms with Crippen molar-refractivity contribution in [2.45, 2.75) is 9.79 Å². The number of hydrogen-bond acceptors (Lipinski definition) is 5. The summed E-state index contributed by atoms with van der Waals surface area (Å²) in [6.07, 6.45) is 1.38. The molecule has 0 aliphatic carbocycles. The molecule has 5 nitrogen and oxygen atoms in total. The van der Waals surface area contributed by atoms with Crippen LogP contribution in [0.4, 0.5) is 15.9 Å². The number of fused-ring (bicyclic) bond motifs is 2. The average Bonchev–Trinajstić information content (AvgIpc) is 3.21. The van der Waals surface area contributed by atoms with Gasteiger partial charge in [0.15, 0.2) is 5.82 Å². The Bertz CT molecular complexity index is 1290. The number of carbonyl (C=O) groups excluding carboxylic acids is 1. The lowest BCUT2D eigenvalue weighted by Crippen LogP contribution is -2.12. The smallest absolute Gasteiger partial charge is 0.256 e. The number of nitrogens with zero attached hydrogens (tertiary/aromatic N) is 2. The van der Waals surface area contributed by atoms with Crippen LogP contribution < -0.4 is 5.32 Å². The number of amides is 1. The highest BCUT2D eigenvalue weighted by atomic mass is 32.2. The zero-order valence-corrected chi connectivity index (χ0v) is 16.3. The topological polar surface area (TPSA) is 67.5 Å². The minimum Gasteiger partial charge on any atom is -0.363 e. The van der Waals surface area contributed by atoms with Crippen LogP contribution in [0.1, 0.15) is 21.5 Å². The molecule has 0 saturated carbocycles. The lowest BCUT2D eigenvalue weighted by atomic mass is 10.0. The van der Waals surface area contributed by atoms with Gasteiger partial charge in [-0.3, -0.25) is 4.79 Å². The molecule has 146 valence electrons. The molecule has 1 N–H and O–H groups in total. The Morgan fingerprint density at radius 1 is 0.933 bits per heavy atom. The van der Waals surface area contributed by atoms with Gasteiger partial charge in [0.1, 0.15) is 12.1 Å². The van der Waals surface area contributed by atoms with Crippen LogP contribution in [0, 0.1) is 5.82 Å². The van der Waals surface area contributed by atoms with Crippen molar-refractivity contribution >= 4 is 34.9 Å². The molecule has 2 heterocycles. The molecule has 7 heteroatoms. The van der Waals surface area contributed by atoms with Gasteiger partial charge in [-0.15, -0.1) is 0 Å². The summed E-state index contributed by atoms with van der Waals surface area (Å²) in [6, 6.07) is 21.2. The number of rotatable bonds is 3. The van der Waals surface area contributed by atoms with Gasteiger partial charge in [0.05, 0.1) is 11.4 Å². The normalized spacial score (nSPS) is 12.4. The Labute approximate surface area is 175 Å². The average molecular weight is 415 g/mol. The molecular formula is C23H14FN3O2S. The standard InChI is InChI=1S/C23H14FN3O2S/c24-17-7-3-1-5-15(17)22-16-6-2-4-8-19(16)30-20-10-9-14(13-18(20)25-22)23(28)26-21-11-12-29-27-21/h1-13H,(H,26,27,28). The number of anilines is 1. The largest absolute Gasteiger partial charge is 0.363 e. The summed E-state index contributed by atoms with van der Waals surface area (Å²) in [4.78, 5) is 19.2. The maximum atomic E-state index is 14.6. The maximum Gasteiger partial charge on any atom is 0.256 e. The van der Waals surface area contributed by atoms with E-state index in [0.717, 1.165) is 15.4 Å². The number of hydrogen-bond donors (Lipinski definition) is 1. The van der Waals surface area contributed by atoms with Crippen molar-refractivity contribution in [3.63, 3.8) is 0 Å². The first-order valence-electron chi connectivity index (χ1n) is 9.16. The lowest BCUT2D eigenvalue weighted by Gasteiger charge is -2.09. The van der Waals surface area contributed by atoms with Gasteiger partial charge in [-0.25, -0.2) is 9.38 Å². The van der Waals surface area contributed by atoms with Crippen molar-refractivity contribution in [1.29, 1.82) is 0 Å². The summed E-state index contributed by atoms with van der Waals surface area (Å²) in [5, 5.41) is 6.36. The van der Waals surface area contributed by atoms with Crippen molar-refractivity contribution in [2.75, 3.05) is 5.32 Å². The third-order valence-corrected chi connectivity index (χ3v) is 5.76. The highest BCUT2D eigenvalue weighted by molar-refractivity contribution is 7.99. The second-order valence-electron chi connectivity index (χ2n) is 6.56. The fourth-order valence-corrected chi connectivity index (χ4v) is 4.21. The van der Waals surface area contributed by atoms with Gasteiger partial charge < -0.3 is 9.84 Å². The SMILES string of the molecule is O=C(Nc1ccon1)c1ccc2c(c1)N=C(c1ccccc1F)c1ccccc1S2. The molecule has 1 aliphatic rings. The molecule has 4 aromatic rings. The molecule has 0 saturated heterocycles. The van der Waals surface area contributed by atoms with Crippen LogP contribution in [0.3, 0.4) is 0 Å². The van der Waals surface area contributed by atoms with Gasteiger partial charge in [-0.05, 0) is 36.4 Å². The summed E-state index contributed by atoms with van der Waals surface area (Å²) >= 11 is 1.54. The number of carbonyl (C=O) groups is 1. The van der Waals surface area contributed by atoms with Gasteiger partial charge in [-0.2, -0.15) is 0 Å². The first-order chi connectivity index (χ1) is 14.7. The maximum absolute atomic E-state index is 14.6. The van der Waals surface area contributed by atoms with E-state index in [4.69, 9.17) is 9.52 Å². The van der Waals surface area contributed by atoms with Gasteiger partial charge >= 0.3 is 0 Å². The molecule has 0 radical (unpaired) electrons. The molecule has 0 fully saturated rings. The van der Waals surface area contributed by atoms with E-state index in [-0.39, 0.29) is 11.7 Å².